The van der Waals surface area contributed by atoms with Gasteiger partial charge in [-0.2, -0.15) is 0 Å². The molecule has 126 valence electrons. The molecule has 1 N–H and O–H groups in total. The highest BCUT2D eigenvalue weighted by molar-refractivity contribution is 8.01. The zero-order chi connectivity index (χ0) is 17.1. The highest BCUT2D eigenvalue weighted by atomic mass is 32.2. The van der Waals surface area contributed by atoms with Crippen LogP contribution in [0.4, 0.5) is 4.39 Å². The summed E-state index contributed by atoms with van der Waals surface area (Å²) in [6.07, 6.45) is 0. The Bertz CT molecular complexity index is 767. The van der Waals surface area contributed by atoms with Crippen LogP contribution in [-0.2, 0) is 9.59 Å². The van der Waals surface area contributed by atoms with Crippen molar-refractivity contribution in [3.63, 3.8) is 0 Å². The van der Waals surface area contributed by atoms with Gasteiger partial charge in [-0.1, -0.05) is 35.2 Å². The summed E-state index contributed by atoms with van der Waals surface area (Å²) in [6.45, 7) is 2.62. The van der Waals surface area contributed by atoms with Gasteiger partial charge in [-0.15, -0.1) is 10.2 Å². The number of amides is 2. The van der Waals surface area contributed by atoms with Gasteiger partial charge >= 0.3 is 0 Å². The summed E-state index contributed by atoms with van der Waals surface area (Å²) < 4.78 is 14.2. The maximum absolute atomic E-state index is 13.5. The number of hydrogen-bond acceptors (Lipinski definition) is 6. The van der Waals surface area contributed by atoms with Crippen LogP contribution in [0.25, 0.3) is 0 Å². The number of thioether (sulfide) groups is 1. The minimum Gasteiger partial charge on any atom is -0.352 e. The summed E-state index contributed by atoms with van der Waals surface area (Å²) in [5, 5.41) is 11.4. The van der Waals surface area contributed by atoms with Crippen molar-refractivity contribution >= 4 is 34.9 Å². The lowest BCUT2D eigenvalue weighted by Crippen LogP contribution is -2.52. The quantitative estimate of drug-likeness (QED) is 0.835. The lowest BCUT2D eigenvalue weighted by Gasteiger charge is -2.35. The number of rotatable bonds is 4. The average molecular weight is 366 g/mol. The topological polar surface area (TPSA) is 75.2 Å². The van der Waals surface area contributed by atoms with Gasteiger partial charge in [0.15, 0.2) is 4.34 Å². The number of benzene rings is 1. The van der Waals surface area contributed by atoms with E-state index in [4.69, 9.17) is 0 Å². The third-order valence-corrected chi connectivity index (χ3v) is 5.48. The second-order valence-corrected chi connectivity index (χ2v) is 7.62. The predicted molar refractivity (Wildman–Crippen MR) is 89.2 cm³/mol. The molecule has 0 radical (unpaired) electrons. The van der Waals surface area contributed by atoms with Gasteiger partial charge in [0.05, 0.1) is 5.75 Å². The Morgan fingerprint density at radius 1 is 1.50 bits per heavy atom. The second-order valence-electron chi connectivity index (χ2n) is 5.21. The first-order valence-corrected chi connectivity index (χ1v) is 9.10. The molecule has 1 fully saturated rings. The van der Waals surface area contributed by atoms with Crippen molar-refractivity contribution in [2.45, 2.75) is 17.3 Å². The molecule has 1 unspecified atom stereocenters. The minimum absolute atomic E-state index is 0.160. The van der Waals surface area contributed by atoms with Gasteiger partial charge < -0.3 is 10.2 Å². The van der Waals surface area contributed by atoms with Crippen molar-refractivity contribution in [2.24, 2.45) is 0 Å². The van der Waals surface area contributed by atoms with Crippen molar-refractivity contribution in [3.05, 3.63) is 40.7 Å². The Labute approximate surface area is 146 Å². The van der Waals surface area contributed by atoms with Crippen LogP contribution in [0.3, 0.4) is 0 Å². The summed E-state index contributed by atoms with van der Waals surface area (Å²) in [5.74, 6) is -0.751. The molecule has 2 heterocycles. The summed E-state index contributed by atoms with van der Waals surface area (Å²) in [5.41, 5.74) is 0.470. The summed E-state index contributed by atoms with van der Waals surface area (Å²) in [6, 6.07) is 4.98. The fourth-order valence-corrected chi connectivity index (χ4v) is 4.19. The normalized spacial score (nSPS) is 17.7. The Balaban J connectivity index is 1.75. The van der Waals surface area contributed by atoms with Gasteiger partial charge in [-0.05, 0) is 24.6 Å². The summed E-state index contributed by atoms with van der Waals surface area (Å²) in [7, 11) is 0. The maximum Gasteiger partial charge on any atom is 0.247 e. The number of hydrogen-bond donors (Lipinski definition) is 1. The third-order valence-electron chi connectivity index (χ3n) is 3.52. The highest BCUT2D eigenvalue weighted by Crippen LogP contribution is 2.27. The molecule has 1 saturated heterocycles. The molecule has 3 rings (SSSR count). The second kappa shape index (κ2) is 7.27. The fourth-order valence-electron chi connectivity index (χ4n) is 2.49. The van der Waals surface area contributed by atoms with Crippen molar-refractivity contribution in [3.8, 4) is 0 Å². The van der Waals surface area contributed by atoms with Crippen LogP contribution in [0.2, 0.25) is 0 Å². The number of nitrogens with zero attached hydrogens (tertiary/aromatic N) is 3. The molecule has 0 bridgehead atoms. The Morgan fingerprint density at radius 3 is 3.04 bits per heavy atom. The molecule has 1 aromatic heterocycles. The number of piperazine rings is 1. The zero-order valence-electron chi connectivity index (χ0n) is 12.9. The van der Waals surface area contributed by atoms with Gasteiger partial charge in [0.1, 0.15) is 16.9 Å². The molecule has 1 aliphatic heterocycles. The predicted octanol–water partition coefficient (Wildman–Crippen LogP) is 1.78. The van der Waals surface area contributed by atoms with Gasteiger partial charge in [0.2, 0.25) is 11.8 Å². The van der Waals surface area contributed by atoms with Crippen molar-refractivity contribution in [1.29, 1.82) is 0 Å². The lowest BCUT2D eigenvalue weighted by molar-refractivity contribution is -0.141. The molecular weight excluding hydrogens is 351 g/mol. The Hall–Kier alpha value is -2.00. The largest absolute Gasteiger partial charge is 0.352 e. The van der Waals surface area contributed by atoms with Crippen LogP contribution in [0, 0.1) is 12.7 Å². The standard InChI is InChI=1S/C15H15FN4O2S2/c1-9-18-19-15(24-9)23-8-12(21)20-6-5-17-14(22)13(20)10-3-2-4-11(16)7-10/h2-4,7,13H,5-6,8H2,1H3,(H,17,22). The molecule has 2 amide bonds. The van der Waals surface area contributed by atoms with Crippen molar-refractivity contribution in [1.82, 2.24) is 20.4 Å². The molecule has 24 heavy (non-hydrogen) atoms. The van der Waals surface area contributed by atoms with E-state index in [2.05, 4.69) is 15.5 Å². The summed E-state index contributed by atoms with van der Waals surface area (Å²) >= 11 is 2.71. The van der Waals surface area contributed by atoms with Gasteiger partial charge in [0.25, 0.3) is 0 Å². The van der Waals surface area contributed by atoms with Crippen LogP contribution in [0.1, 0.15) is 16.6 Å². The number of carbonyl (C=O) groups excluding carboxylic acids is 2. The number of nitrogens with one attached hydrogen (secondary N) is 1. The maximum atomic E-state index is 13.5. The van der Waals surface area contributed by atoms with E-state index in [1.807, 2.05) is 6.92 Å². The van der Waals surface area contributed by atoms with E-state index in [0.29, 0.717) is 23.0 Å². The SMILES string of the molecule is Cc1nnc(SCC(=O)N2CCNC(=O)C2c2cccc(F)c2)s1. The molecule has 0 aliphatic carbocycles. The van der Waals surface area contributed by atoms with E-state index in [1.165, 1.54) is 46.2 Å². The van der Waals surface area contributed by atoms with E-state index < -0.39 is 11.9 Å². The van der Waals surface area contributed by atoms with Gasteiger partial charge in [-0.25, -0.2) is 4.39 Å². The molecular formula is C15H15FN4O2S2. The number of aryl methyl sites for hydroxylation is 1. The van der Waals surface area contributed by atoms with Gasteiger partial charge in [0, 0.05) is 13.1 Å². The molecule has 1 aliphatic rings. The van der Waals surface area contributed by atoms with E-state index in [9.17, 15) is 14.0 Å². The van der Waals surface area contributed by atoms with E-state index >= 15 is 0 Å². The number of carbonyl (C=O) groups is 2. The number of halogens is 1. The van der Waals surface area contributed by atoms with Crippen LogP contribution >= 0.6 is 23.1 Å². The summed E-state index contributed by atoms with van der Waals surface area (Å²) in [4.78, 5) is 26.3. The van der Waals surface area contributed by atoms with Crippen molar-refractivity contribution in [2.75, 3.05) is 18.8 Å². The minimum atomic E-state index is -0.807. The lowest BCUT2D eigenvalue weighted by atomic mass is 10.0. The van der Waals surface area contributed by atoms with Crippen molar-refractivity contribution < 1.29 is 14.0 Å². The van der Waals surface area contributed by atoms with Crippen LogP contribution in [0.15, 0.2) is 28.6 Å². The average Bonchev–Trinajstić information content (AvgIpc) is 2.98. The Morgan fingerprint density at radius 2 is 2.33 bits per heavy atom. The Kier molecular flexibility index (Phi) is 5.10. The van der Waals surface area contributed by atoms with E-state index in [0.717, 1.165) is 5.01 Å². The molecule has 9 heteroatoms. The van der Waals surface area contributed by atoms with E-state index in [1.54, 1.807) is 6.07 Å². The third kappa shape index (κ3) is 3.73. The molecule has 0 saturated carbocycles. The number of aromatic nitrogens is 2. The molecule has 6 nitrogen and oxygen atoms in total. The molecule has 2 aromatic rings. The van der Waals surface area contributed by atoms with Crippen LogP contribution < -0.4 is 5.32 Å². The highest BCUT2D eigenvalue weighted by Gasteiger charge is 2.34. The van der Waals surface area contributed by atoms with Crippen LogP contribution in [0.5, 0.6) is 0 Å². The van der Waals surface area contributed by atoms with E-state index in [-0.39, 0.29) is 17.6 Å². The monoisotopic (exact) mass is 366 g/mol. The fraction of sp³-hybridized carbons (Fsp3) is 0.333. The molecule has 0 spiro atoms. The first-order valence-electron chi connectivity index (χ1n) is 7.30. The first-order chi connectivity index (χ1) is 11.5. The molecule has 1 atom stereocenters. The van der Waals surface area contributed by atoms with Crippen LogP contribution in [-0.4, -0.2) is 45.8 Å². The van der Waals surface area contributed by atoms with Gasteiger partial charge in [-0.3, -0.25) is 9.59 Å². The smallest absolute Gasteiger partial charge is 0.247 e. The first kappa shape index (κ1) is 16.8. The molecule has 1 aromatic carbocycles. The zero-order valence-corrected chi connectivity index (χ0v) is 14.5.